The van der Waals surface area contributed by atoms with Gasteiger partial charge < -0.3 is 4.42 Å². The molecule has 5 heteroatoms. The lowest BCUT2D eigenvalue weighted by Gasteiger charge is -2.26. The van der Waals surface area contributed by atoms with Gasteiger partial charge in [-0.05, 0) is 37.1 Å². The first-order valence-corrected chi connectivity index (χ1v) is 6.56. The predicted octanol–water partition coefficient (Wildman–Crippen LogP) is 4.58. The maximum atomic E-state index is 13.1. The van der Waals surface area contributed by atoms with Gasteiger partial charge in [0.05, 0.1) is 0 Å². The van der Waals surface area contributed by atoms with Crippen LogP contribution < -0.4 is 0 Å². The molecule has 2 aromatic rings. The Bertz CT molecular complexity index is 650. The van der Waals surface area contributed by atoms with E-state index in [-0.39, 0.29) is 37.2 Å². The van der Waals surface area contributed by atoms with Gasteiger partial charge in [0, 0.05) is 24.1 Å². The normalized spacial score (nSPS) is 19.4. The van der Waals surface area contributed by atoms with E-state index in [4.69, 9.17) is 4.42 Å². The lowest BCUT2D eigenvalue weighted by molar-refractivity contribution is -0.0426. The lowest BCUT2D eigenvalue weighted by Crippen LogP contribution is -2.28. The van der Waals surface area contributed by atoms with Gasteiger partial charge in [-0.25, -0.2) is 13.2 Å². The highest BCUT2D eigenvalue weighted by Gasteiger charge is 2.38. The molecule has 0 atom stereocenters. The van der Waals surface area contributed by atoms with E-state index in [1.807, 2.05) is 0 Å². The van der Waals surface area contributed by atoms with E-state index in [9.17, 15) is 18.0 Å². The van der Waals surface area contributed by atoms with Crippen LogP contribution in [0.2, 0.25) is 0 Å². The zero-order valence-corrected chi connectivity index (χ0v) is 10.7. The number of rotatable bonds is 2. The van der Waals surface area contributed by atoms with E-state index in [0.29, 0.717) is 11.0 Å². The Hall–Kier alpha value is -1.78. The second-order valence-electron chi connectivity index (χ2n) is 5.29. The number of Topliss-reactive ketones (excluding diaryl/α,β-unsaturated/α-hetero) is 1. The number of fused-ring (bicyclic) bond motifs is 1. The highest BCUT2D eigenvalue weighted by molar-refractivity contribution is 5.99. The first-order valence-electron chi connectivity index (χ1n) is 6.56. The average molecular weight is 282 g/mol. The second kappa shape index (κ2) is 4.65. The highest BCUT2D eigenvalue weighted by Crippen LogP contribution is 2.37. The maximum absolute atomic E-state index is 13.1. The van der Waals surface area contributed by atoms with Crippen LogP contribution in [-0.2, 0) is 0 Å². The molecule has 3 rings (SSSR count). The summed E-state index contributed by atoms with van der Waals surface area (Å²) in [5.41, 5.74) is 0.427. The van der Waals surface area contributed by atoms with E-state index in [0.717, 1.165) is 0 Å². The Morgan fingerprint density at radius 3 is 2.60 bits per heavy atom. The summed E-state index contributed by atoms with van der Waals surface area (Å²) >= 11 is 0. The quantitative estimate of drug-likeness (QED) is 0.755. The van der Waals surface area contributed by atoms with E-state index in [1.54, 1.807) is 0 Å². The van der Waals surface area contributed by atoms with Gasteiger partial charge in [0.2, 0.25) is 11.7 Å². The van der Waals surface area contributed by atoms with Gasteiger partial charge in [0.15, 0.2) is 5.76 Å². The summed E-state index contributed by atoms with van der Waals surface area (Å²) in [4.78, 5) is 12.2. The van der Waals surface area contributed by atoms with Gasteiger partial charge in [-0.15, -0.1) is 0 Å². The summed E-state index contributed by atoms with van der Waals surface area (Å²) in [5.74, 6) is -3.64. The topological polar surface area (TPSA) is 30.2 Å². The molecule has 1 aromatic carbocycles. The van der Waals surface area contributed by atoms with Crippen LogP contribution in [0.4, 0.5) is 13.2 Å². The van der Waals surface area contributed by atoms with Gasteiger partial charge in [-0.1, -0.05) is 0 Å². The zero-order valence-electron chi connectivity index (χ0n) is 10.7. The minimum absolute atomic E-state index is 0.126. The van der Waals surface area contributed by atoms with E-state index >= 15 is 0 Å². The summed E-state index contributed by atoms with van der Waals surface area (Å²) in [7, 11) is 0. The molecule has 0 aliphatic heterocycles. The third-order valence-corrected chi connectivity index (χ3v) is 3.81. The lowest BCUT2D eigenvalue weighted by atomic mass is 9.83. The third-order valence-electron chi connectivity index (χ3n) is 3.81. The number of benzene rings is 1. The molecule has 0 bridgehead atoms. The summed E-state index contributed by atoms with van der Waals surface area (Å²) in [6.45, 7) is 0. The molecule has 1 aromatic heterocycles. The molecular formula is C15H13F3O2. The number of hydrogen-bond acceptors (Lipinski definition) is 2. The molecule has 1 aliphatic rings. The summed E-state index contributed by atoms with van der Waals surface area (Å²) in [6, 6.07) is 5.47. The van der Waals surface area contributed by atoms with Gasteiger partial charge in [-0.2, -0.15) is 0 Å². The van der Waals surface area contributed by atoms with E-state index in [2.05, 4.69) is 0 Å². The van der Waals surface area contributed by atoms with Crippen LogP contribution in [0.15, 0.2) is 28.7 Å². The Labute approximate surface area is 113 Å². The monoisotopic (exact) mass is 282 g/mol. The molecule has 0 unspecified atom stereocenters. The van der Waals surface area contributed by atoms with Crippen LogP contribution in [0.1, 0.15) is 36.2 Å². The Morgan fingerprint density at radius 2 is 1.90 bits per heavy atom. The van der Waals surface area contributed by atoms with Crippen molar-refractivity contribution in [3.8, 4) is 0 Å². The molecule has 0 spiro atoms. The van der Waals surface area contributed by atoms with Gasteiger partial charge in [0.25, 0.3) is 0 Å². The number of carbonyl (C=O) groups is 1. The number of hydrogen-bond donors (Lipinski definition) is 0. The summed E-state index contributed by atoms with van der Waals surface area (Å²) in [5, 5.41) is 0.509. The molecule has 0 saturated heterocycles. The largest absolute Gasteiger partial charge is 0.453 e. The highest BCUT2D eigenvalue weighted by atomic mass is 19.3. The standard InChI is InChI=1S/C15H13F3O2/c16-11-1-2-12-10(7-11)8-13(20-12)14(19)9-3-5-15(17,18)6-4-9/h1-2,7-9H,3-6H2. The van der Waals surface area contributed by atoms with Crippen LogP contribution in [0.25, 0.3) is 11.0 Å². The molecule has 1 fully saturated rings. The predicted molar refractivity (Wildman–Crippen MR) is 67.4 cm³/mol. The van der Waals surface area contributed by atoms with E-state index < -0.39 is 17.7 Å². The van der Waals surface area contributed by atoms with Crippen molar-refractivity contribution in [2.24, 2.45) is 5.92 Å². The van der Waals surface area contributed by atoms with E-state index in [1.165, 1.54) is 24.3 Å². The van der Waals surface area contributed by atoms with Crippen LogP contribution in [0, 0.1) is 11.7 Å². The number of halogens is 3. The minimum atomic E-state index is -2.66. The smallest absolute Gasteiger partial charge is 0.248 e. The number of furan rings is 1. The second-order valence-corrected chi connectivity index (χ2v) is 5.29. The van der Waals surface area contributed by atoms with Gasteiger partial charge in [-0.3, -0.25) is 4.79 Å². The molecule has 1 aliphatic carbocycles. The number of ketones is 1. The van der Waals surface area contributed by atoms with Crippen molar-refractivity contribution in [2.45, 2.75) is 31.6 Å². The van der Waals surface area contributed by atoms with Gasteiger partial charge >= 0.3 is 0 Å². The Morgan fingerprint density at radius 1 is 1.20 bits per heavy atom. The number of alkyl halides is 2. The first-order chi connectivity index (χ1) is 9.44. The minimum Gasteiger partial charge on any atom is -0.453 e. The van der Waals surface area contributed by atoms with Crippen LogP contribution in [-0.4, -0.2) is 11.7 Å². The average Bonchev–Trinajstić information content (AvgIpc) is 2.80. The molecule has 106 valence electrons. The van der Waals surface area contributed by atoms with Crippen LogP contribution >= 0.6 is 0 Å². The van der Waals surface area contributed by atoms with Gasteiger partial charge in [0.1, 0.15) is 11.4 Å². The SMILES string of the molecule is O=C(c1cc2cc(F)ccc2o1)C1CCC(F)(F)CC1. The van der Waals surface area contributed by atoms with Crippen molar-refractivity contribution in [1.29, 1.82) is 0 Å². The van der Waals surface area contributed by atoms with Crippen LogP contribution in [0.5, 0.6) is 0 Å². The molecule has 0 radical (unpaired) electrons. The summed E-state index contributed by atoms with van der Waals surface area (Å²) < 4.78 is 44.6. The van der Waals surface area contributed by atoms with Crippen molar-refractivity contribution < 1.29 is 22.4 Å². The fourth-order valence-electron chi connectivity index (χ4n) is 2.64. The van der Waals surface area contributed by atoms with Crippen molar-refractivity contribution in [3.05, 3.63) is 35.8 Å². The van der Waals surface area contributed by atoms with Crippen LogP contribution in [0.3, 0.4) is 0 Å². The molecule has 20 heavy (non-hydrogen) atoms. The van der Waals surface area contributed by atoms with Crippen molar-refractivity contribution >= 4 is 16.8 Å². The first kappa shape index (κ1) is 13.2. The van der Waals surface area contributed by atoms with Crippen molar-refractivity contribution in [3.63, 3.8) is 0 Å². The third kappa shape index (κ3) is 2.44. The number of carbonyl (C=O) groups excluding carboxylic acids is 1. The molecule has 0 N–H and O–H groups in total. The summed E-state index contributed by atoms with van der Waals surface area (Å²) in [6.07, 6.45) is -0.203. The Balaban J connectivity index is 1.82. The molecule has 2 nitrogen and oxygen atoms in total. The zero-order chi connectivity index (χ0) is 14.3. The molecule has 0 amide bonds. The molecular weight excluding hydrogens is 269 g/mol. The van der Waals surface area contributed by atoms with Crippen molar-refractivity contribution in [2.75, 3.05) is 0 Å². The van der Waals surface area contributed by atoms with Crippen molar-refractivity contribution in [1.82, 2.24) is 0 Å². The maximum Gasteiger partial charge on any atom is 0.248 e. The molecule has 1 saturated carbocycles. The fraction of sp³-hybridized carbons (Fsp3) is 0.400. The fourth-order valence-corrected chi connectivity index (χ4v) is 2.64. The Kier molecular flexibility index (Phi) is 3.07. The molecule has 1 heterocycles.